The van der Waals surface area contributed by atoms with Crippen LogP contribution in [-0.2, 0) is 22.6 Å². The monoisotopic (exact) mass is 482 g/mol. The molecule has 1 fully saturated rings. The van der Waals surface area contributed by atoms with Crippen molar-refractivity contribution in [3.8, 4) is 0 Å². The lowest BCUT2D eigenvalue weighted by molar-refractivity contribution is -0.115. The number of benzene rings is 2. The Labute approximate surface area is 189 Å². The van der Waals surface area contributed by atoms with Gasteiger partial charge in [0.15, 0.2) is 10.4 Å². The van der Waals surface area contributed by atoms with Gasteiger partial charge in [0.1, 0.15) is 0 Å². The average molecular weight is 483 g/mol. The summed E-state index contributed by atoms with van der Waals surface area (Å²) in [4.78, 5) is 24.6. The summed E-state index contributed by atoms with van der Waals surface area (Å²) < 4.78 is 11.4. The van der Waals surface area contributed by atoms with Crippen molar-refractivity contribution in [1.29, 1.82) is 0 Å². The second kappa shape index (κ2) is 9.94. The molecule has 2 aromatic carbocycles. The predicted molar refractivity (Wildman–Crippen MR) is 122 cm³/mol. The minimum atomic E-state index is -0.336. The van der Waals surface area contributed by atoms with Gasteiger partial charge in [0.05, 0.1) is 13.0 Å². The summed E-state index contributed by atoms with van der Waals surface area (Å²) in [5, 5.41) is 5.69. The smallest absolute Gasteiger partial charge is 0.291 e. The van der Waals surface area contributed by atoms with E-state index >= 15 is 0 Å². The fourth-order valence-electron chi connectivity index (χ4n) is 3.09. The van der Waals surface area contributed by atoms with Crippen LogP contribution in [-0.4, -0.2) is 18.4 Å². The molecule has 0 spiro atoms. The number of furan rings is 1. The molecule has 0 unspecified atom stereocenters. The first-order chi connectivity index (χ1) is 15.0. The zero-order chi connectivity index (χ0) is 21.6. The fourth-order valence-corrected chi connectivity index (χ4v) is 3.40. The van der Waals surface area contributed by atoms with Crippen LogP contribution in [0.1, 0.15) is 34.5 Å². The number of carbonyl (C=O) groups excluding carboxylic acids is 2. The summed E-state index contributed by atoms with van der Waals surface area (Å²) in [7, 11) is 0. The highest BCUT2D eigenvalue weighted by Gasteiger charge is 2.21. The molecule has 1 aliphatic rings. The molecule has 2 N–H and O–H groups in total. The van der Waals surface area contributed by atoms with E-state index < -0.39 is 0 Å². The normalized spacial score (nSPS) is 13.1. The molecule has 0 atom stereocenters. The van der Waals surface area contributed by atoms with Crippen molar-refractivity contribution >= 4 is 39.1 Å². The van der Waals surface area contributed by atoms with E-state index in [1.54, 1.807) is 24.3 Å². The molecule has 160 valence electrons. The lowest BCUT2D eigenvalue weighted by atomic mass is 10.1. The summed E-state index contributed by atoms with van der Waals surface area (Å²) in [6.45, 7) is 1.37. The van der Waals surface area contributed by atoms with Gasteiger partial charge in [-0.3, -0.25) is 9.59 Å². The summed E-state index contributed by atoms with van der Waals surface area (Å²) in [5.41, 5.74) is 3.27. The standard InChI is InChI=1S/C24H23BrN2O4/c25-22-11-10-21(31-22)24(29)27-19-8-6-16(7-9-19)13-23(28)26-20-3-1-2-18(12-20)15-30-14-17-4-5-17/h1-3,6-12,17H,4-5,13-15H2,(H,26,28)(H,27,29). The maximum absolute atomic E-state index is 12.4. The number of ether oxygens (including phenoxy) is 1. The maximum atomic E-state index is 12.4. The Kier molecular flexibility index (Phi) is 6.84. The molecule has 6 nitrogen and oxygen atoms in total. The van der Waals surface area contributed by atoms with E-state index in [-0.39, 0.29) is 24.0 Å². The van der Waals surface area contributed by atoms with Gasteiger partial charge in [0.2, 0.25) is 5.91 Å². The molecule has 0 saturated heterocycles. The van der Waals surface area contributed by atoms with Gasteiger partial charge in [0.25, 0.3) is 5.91 Å². The molecule has 0 aliphatic heterocycles. The van der Waals surface area contributed by atoms with Crippen molar-refractivity contribution in [3.63, 3.8) is 0 Å². The second-order valence-corrected chi connectivity index (χ2v) is 8.42. The Morgan fingerprint density at radius 2 is 1.77 bits per heavy atom. The van der Waals surface area contributed by atoms with Crippen molar-refractivity contribution in [3.05, 3.63) is 82.2 Å². The van der Waals surface area contributed by atoms with Crippen LogP contribution < -0.4 is 10.6 Å². The SMILES string of the molecule is O=C(Cc1ccc(NC(=O)c2ccc(Br)o2)cc1)Nc1cccc(COCC2CC2)c1. The van der Waals surface area contributed by atoms with Crippen molar-refractivity contribution in [2.45, 2.75) is 25.9 Å². The number of hydrogen-bond donors (Lipinski definition) is 2. The Bertz CT molecular complexity index is 1060. The van der Waals surface area contributed by atoms with E-state index in [4.69, 9.17) is 9.15 Å². The first-order valence-corrected chi connectivity index (χ1v) is 11.0. The molecule has 31 heavy (non-hydrogen) atoms. The van der Waals surface area contributed by atoms with Crippen LogP contribution in [0.25, 0.3) is 0 Å². The summed E-state index contributed by atoms with van der Waals surface area (Å²) in [5.74, 6) is 0.510. The van der Waals surface area contributed by atoms with Gasteiger partial charge in [-0.2, -0.15) is 0 Å². The first kappa shape index (κ1) is 21.3. The molecule has 0 bridgehead atoms. The lowest BCUT2D eigenvalue weighted by Gasteiger charge is -2.09. The van der Waals surface area contributed by atoms with E-state index in [2.05, 4.69) is 26.6 Å². The largest absolute Gasteiger partial charge is 0.444 e. The van der Waals surface area contributed by atoms with Crippen LogP contribution in [0.5, 0.6) is 0 Å². The van der Waals surface area contributed by atoms with Gasteiger partial charge in [-0.1, -0.05) is 24.3 Å². The highest BCUT2D eigenvalue weighted by atomic mass is 79.9. The molecule has 3 aromatic rings. The average Bonchev–Trinajstić information content (AvgIpc) is 3.47. The molecule has 2 amide bonds. The Hall–Kier alpha value is -2.90. The van der Waals surface area contributed by atoms with Gasteiger partial charge in [-0.25, -0.2) is 0 Å². The van der Waals surface area contributed by atoms with E-state index in [0.29, 0.717) is 17.0 Å². The van der Waals surface area contributed by atoms with Crippen LogP contribution in [0.15, 0.2) is 69.8 Å². The van der Waals surface area contributed by atoms with Crippen molar-refractivity contribution < 1.29 is 18.7 Å². The highest BCUT2D eigenvalue weighted by Crippen LogP contribution is 2.29. The van der Waals surface area contributed by atoms with Gasteiger partial charge in [-0.05, 0) is 82.2 Å². The lowest BCUT2D eigenvalue weighted by Crippen LogP contribution is -2.15. The zero-order valence-electron chi connectivity index (χ0n) is 16.9. The Morgan fingerprint density at radius 3 is 2.48 bits per heavy atom. The number of nitrogens with one attached hydrogen (secondary N) is 2. The second-order valence-electron chi connectivity index (χ2n) is 7.64. The van der Waals surface area contributed by atoms with E-state index in [1.807, 2.05) is 36.4 Å². The van der Waals surface area contributed by atoms with Crippen molar-refractivity contribution in [2.75, 3.05) is 17.2 Å². The summed E-state index contributed by atoms with van der Waals surface area (Å²) in [6, 6.07) is 18.1. The number of carbonyl (C=O) groups is 2. The number of anilines is 2. The molecular formula is C24H23BrN2O4. The zero-order valence-corrected chi connectivity index (χ0v) is 18.5. The summed E-state index contributed by atoms with van der Waals surface area (Å²) in [6.07, 6.45) is 2.78. The molecule has 0 radical (unpaired) electrons. The van der Waals surface area contributed by atoms with Crippen molar-refractivity contribution in [2.24, 2.45) is 5.92 Å². The van der Waals surface area contributed by atoms with Gasteiger partial charge < -0.3 is 19.8 Å². The number of hydrogen-bond acceptors (Lipinski definition) is 4. The minimum Gasteiger partial charge on any atom is -0.444 e. The third kappa shape index (κ3) is 6.54. The summed E-state index contributed by atoms with van der Waals surface area (Å²) >= 11 is 3.17. The number of rotatable bonds is 9. The molecule has 4 rings (SSSR count). The molecular weight excluding hydrogens is 460 g/mol. The van der Waals surface area contributed by atoms with Gasteiger partial charge in [0, 0.05) is 18.0 Å². The Balaban J connectivity index is 1.27. The first-order valence-electron chi connectivity index (χ1n) is 10.2. The van der Waals surface area contributed by atoms with Crippen LogP contribution in [0, 0.1) is 5.92 Å². The molecule has 1 aromatic heterocycles. The van der Waals surface area contributed by atoms with E-state index in [0.717, 1.165) is 29.3 Å². The number of halogens is 1. The molecule has 1 aliphatic carbocycles. The molecule has 1 heterocycles. The van der Waals surface area contributed by atoms with E-state index in [9.17, 15) is 9.59 Å². The van der Waals surface area contributed by atoms with E-state index in [1.165, 1.54) is 12.8 Å². The van der Waals surface area contributed by atoms with Gasteiger partial charge in [-0.15, -0.1) is 0 Å². The van der Waals surface area contributed by atoms with Crippen LogP contribution in [0.4, 0.5) is 11.4 Å². The topological polar surface area (TPSA) is 80.6 Å². The third-order valence-corrected chi connectivity index (χ3v) is 5.33. The van der Waals surface area contributed by atoms with Crippen LogP contribution >= 0.6 is 15.9 Å². The Morgan fingerprint density at radius 1 is 0.968 bits per heavy atom. The number of amides is 2. The quantitative estimate of drug-likeness (QED) is 0.427. The van der Waals surface area contributed by atoms with Crippen LogP contribution in [0.3, 0.4) is 0 Å². The minimum absolute atomic E-state index is 0.103. The molecule has 7 heteroatoms. The molecule has 1 saturated carbocycles. The van der Waals surface area contributed by atoms with Crippen molar-refractivity contribution in [1.82, 2.24) is 0 Å². The highest BCUT2D eigenvalue weighted by molar-refractivity contribution is 9.10. The predicted octanol–water partition coefficient (Wildman–Crippen LogP) is 5.40. The maximum Gasteiger partial charge on any atom is 0.291 e. The third-order valence-electron chi connectivity index (χ3n) is 4.90. The van der Waals surface area contributed by atoms with Crippen LogP contribution in [0.2, 0.25) is 0 Å². The fraction of sp³-hybridized carbons (Fsp3) is 0.250. The van der Waals surface area contributed by atoms with Gasteiger partial charge >= 0.3 is 0 Å².